The summed E-state index contributed by atoms with van der Waals surface area (Å²) in [5.41, 5.74) is 7.49. The van der Waals surface area contributed by atoms with Gasteiger partial charge in [-0.2, -0.15) is 4.98 Å². The number of nitrogens with zero attached hydrogens (tertiary/aromatic N) is 4. The van der Waals surface area contributed by atoms with Gasteiger partial charge in [0.2, 0.25) is 17.8 Å². The third kappa shape index (κ3) is 6.32. The van der Waals surface area contributed by atoms with Crippen LogP contribution in [0.25, 0.3) is 0 Å². The number of carbonyl (C=O) groups excluding carboxylic acids is 3. The molecule has 0 unspecified atom stereocenters. The Bertz CT molecular complexity index is 1440. The molecular formula is C29H37ClN8O5. The first-order valence-corrected chi connectivity index (χ1v) is 14.6. The molecule has 230 valence electrons. The maximum absolute atomic E-state index is 13.4. The van der Waals surface area contributed by atoms with Gasteiger partial charge in [-0.05, 0) is 52.4 Å². The van der Waals surface area contributed by atoms with Crippen molar-refractivity contribution in [3.8, 4) is 5.75 Å². The normalized spacial score (nSPS) is 24.0. The largest absolute Gasteiger partial charge is 0.494 e. The lowest BCUT2D eigenvalue weighted by Crippen LogP contribution is -2.49. The molecule has 5 atom stereocenters. The van der Waals surface area contributed by atoms with Crippen molar-refractivity contribution in [2.45, 2.75) is 44.4 Å². The third-order valence-electron chi connectivity index (χ3n) is 8.02. The molecule has 0 saturated heterocycles. The molecule has 14 heteroatoms. The molecule has 0 radical (unpaired) electrons. The molecule has 1 aromatic carbocycles. The molecule has 5 rings (SSSR count). The number of nitrogens with two attached hydrogens (primary N) is 1. The highest BCUT2D eigenvalue weighted by atomic mass is 35.5. The van der Waals surface area contributed by atoms with Gasteiger partial charge < -0.3 is 41.0 Å². The predicted octanol–water partition coefficient (Wildman–Crippen LogP) is 2.68. The number of nitrogens with one attached hydrogen (secondary N) is 3. The number of ether oxygens (including phenoxy) is 2. The van der Waals surface area contributed by atoms with E-state index in [9.17, 15) is 14.4 Å². The van der Waals surface area contributed by atoms with Crippen LogP contribution >= 0.6 is 11.6 Å². The number of likely N-dealkylation sites (N-methyl/N-ethyl adjacent to an activating group) is 2. The number of rotatable bonds is 10. The van der Waals surface area contributed by atoms with Crippen molar-refractivity contribution in [1.29, 1.82) is 0 Å². The molecule has 2 aliphatic carbocycles. The second kappa shape index (κ2) is 12.6. The van der Waals surface area contributed by atoms with Gasteiger partial charge >= 0.3 is 6.09 Å². The van der Waals surface area contributed by atoms with E-state index in [1.165, 1.54) is 6.20 Å². The number of fused-ring (bicyclic) bond motifs is 3. The summed E-state index contributed by atoms with van der Waals surface area (Å²) >= 11 is 6.47. The smallest absolute Gasteiger partial charge is 0.404 e. The zero-order valence-electron chi connectivity index (χ0n) is 24.6. The lowest BCUT2D eigenvalue weighted by molar-refractivity contribution is -0.128. The van der Waals surface area contributed by atoms with Crippen molar-refractivity contribution in [2.75, 3.05) is 49.8 Å². The van der Waals surface area contributed by atoms with Crippen LogP contribution in [-0.2, 0) is 20.7 Å². The second-order valence-electron chi connectivity index (χ2n) is 11.2. The van der Waals surface area contributed by atoms with Crippen LogP contribution in [0, 0.1) is 11.8 Å². The molecule has 1 fully saturated rings. The van der Waals surface area contributed by atoms with Crippen molar-refractivity contribution in [1.82, 2.24) is 20.2 Å². The molecule has 3 aliphatic rings. The minimum absolute atomic E-state index is 0.0764. The van der Waals surface area contributed by atoms with E-state index in [1.807, 2.05) is 19.1 Å². The number of hydrogen-bond donors (Lipinski definition) is 4. The van der Waals surface area contributed by atoms with Gasteiger partial charge in [0, 0.05) is 23.9 Å². The van der Waals surface area contributed by atoms with Gasteiger partial charge in [0.1, 0.15) is 22.9 Å². The number of anilines is 4. The summed E-state index contributed by atoms with van der Waals surface area (Å²) in [5.74, 6) is 1.04. The van der Waals surface area contributed by atoms with Crippen LogP contribution < -0.4 is 31.3 Å². The van der Waals surface area contributed by atoms with Gasteiger partial charge in [-0.3, -0.25) is 9.59 Å². The topological polar surface area (TPSA) is 164 Å². The predicted molar refractivity (Wildman–Crippen MR) is 163 cm³/mol. The Kier molecular flexibility index (Phi) is 8.92. The van der Waals surface area contributed by atoms with Crippen LogP contribution in [0.4, 0.5) is 27.9 Å². The standard InChI is InChI=1S/C29H37ClN8O5/c1-5-38-21-11-10-19(25(42-4)17(21)8-9-20(27(38)40)33-22(39)14-37(2)3)34-29-32-13-18(30)26(36-29)35-23-15-6-7-16(12-15)24(23)43-28(31)41/h6-7,10-11,13,15-16,20,23-24H,5,8-9,12,14H2,1-4H3,(H2,31,41)(H,33,39)(H2,32,34,35,36)/t15-,16+,20+,23+,24-/m0/s1. The summed E-state index contributed by atoms with van der Waals surface area (Å²) in [7, 11) is 5.17. The maximum Gasteiger partial charge on any atom is 0.404 e. The van der Waals surface area contributed by atoms with E-state index in [4.69, 9.17) is 26.8 Å². The molecule has 0 spiro atoms. The van der Waals surface area contributed by atoms with E-state index in [1.54, 1.807) is 37.1 Å². The molecule has 1 saturated carbocycles. The highest BCUT2D eigenvalue weighted by Crippen LogP contribution is 2.43. The van der Waals surface area contributed by atoms with Crippen molar-refractivity contribution in [3.63, 3.8) is 0 Å². The van der Waals surface area contributed by atoms with Crippen molar-refractivity contribution in [3.05, 3.63) is 41.1 Å². The number of halogens is 1. The number of carbonyl (C=O) groups is 3. The molecule has 2 aromatic rings. The summed E-state index contributed by atoms with van der Waals surface area (Å²) in [6.07, 6.45) is 6.13. The zero-order valence-corrected chi connectivity index (χ0v) is 25.4. The summed E-state index contributed by atoms with van der Waals surface area (Å²) in [6.45, 7) is 2.51. The maximum atomic E-state index is 13.4. The van der Waals surface area contributed by atoms with E-state index >= 15 is 0 Å². The molecule has 5 N–H and O–H groups in total. The van der Waals surface area contributed by atoms with Crippen LogP contribution in [0.1, 0.15) is 25.3 Å². The Balaban J connectivity index is 1.38. The average Bonchev–Trinajstić information content (AvgIpc) is 3.52. The van der Waals surface area contributed by atoms with Crippen molar-refractivity contribution in [2.24, 2.45) is 17.6 Å². The van der Waals surface area contributed by atoms with E-state index in [0.29, 0.717) is 41.7 Å². The first kappa shape index (κ1) is 30.4. The second-order valence-corrected chi connectivity index (χ2v) is 11.6. The average molecular weight is 613 g/mol. The van der Waals surface area contributed by atoms with Crippen molar-refractivity contribution < 1.29 is 23.9 Å². The van der Waals surface area contributed by atoms with Crippen LogP contribution in [0.15, 0.2) is 30.5 Å². The SMILES string of the molecule is CCN1C(=O)[C@H](NC(=O)CN(C)C)CCc2c1ccc(Nc1ncc(Cl)c(N[C@H]3[C@@H](OC(N)=O)[C@@H]4C=C[C@H]3C4)n1)c2OC. The number of aromatic nitrogens is 2. The van der Waals surface area contributed by atoms with Gasteiger partial charge in [0.25, 0.3) is 0 Å². The van der Waals surface area contributed by atoms with E-state index in [2.05, 4.69) is 32.0 Å². The van der Waals surface area contributed by atoms with Gasteiger partial charge in [-0.25, -0.2) is 9.78 Å². The summed E-state index contributed by atoms with van der Waals surface area (Å²) in [5, 5.41) is 9.77. The summed E-state index contributed by atoms with van der Waals surface area (Å²) in [6, 6.07) is 2.76. The van der Waals surface area contributed by atoms with E-state index < -0.39 is 18.2 Å². The van der Waals surface area contributed by atoms with Gasteiger partial charge in [-0.15, -0.1) is 0 Å². The molecule has 1 aromatic heterocycles. The summed E-state index contributed by atoms with van der Waals surface area (Å²) < 4.78 is 11.3. The van der Waals surface area contributed by atoms with Crippen molar-refractivity contribution >= 4 is 52.6 Å². The summed E-state index contributed by atoms with van der Waals surface area (Å²) in [4.78, 5) is 49.8. The minimum Gasteiger partial charge on any atom is -0.494 e. The first-order chi connectivity index (χ1) is 20.6. The molecule has 3 amide bonds. The highest BCUT2D eigenvalue weighted by Gasteiger charge is 2.47. The number of amides is 3. The monoisotopic (exact) mass is 612 g/mol. The fourth-order valence-electron chi connectivity index (χ4n) is 6.22. The first-order valence-electron chi connectivity index (χ1n) is 14.2. The Morgan fingerprint density at radius 2 is 2.00 bits per heavy atom. The van der Waals surface area contributed by atoms with Gasteiger partial charge in [0.15, 0.2) is 5.82 Å². The lowest BCUT2D eigenvalue weighted by Gasteiger charge is -2.28. The molecule has 2 heterocycles. The van der Waals surface area contributed by atoms with Gasteiger partial charge in [-0.1, -0.05) is 23.8 Å². The van der Waals surface area contributed by atoms with Crippen LogP contribution in [-0.4, -0.2) is 85.3 Å². The van der Waals surface area contributed by atoms with E-state index in [0.717, 1.165) is 17.7 Å². The van der Waals surface area contributed by atoms with Crippen LogP contribution in [0.5, 0.6) is 5.75 Å². The number of primary amides is 1. The fourth-order valence-corrected chi connectivity index (χ4v) is 6.36. The van der Waals surface area contributed by atoms with Crippen LogP contribution in [0.2, 0.25) is 5.02 Å². The molecule has 43 heavy (non-hydrogen) atoms. The Morgan fingerprint density at radius 1 is 1.23 bits per heavy atom. The minimum atomic E-state index is -0.824. The number of methoxy groups -OCH3 is 1. The molecule has 13 nitrogen and oxygen atoms in total. The third-order valence-corrected chi connectivity index (χ3v) is 8.30. The lowest BCUT2D eigenvalue weighted by atomic mass is 9.98. The Labute approximate surface area is 255 Å². The fraction of sp³-hybridized carbons (Fsp3) is 0.483. The highest BCUT2D eigenvalue weighted by molar-refractivity contribution is 6.32. The molecular weight excluding hydrogens is 576 g/mol. The van der Waals surface area contributed by atoms with Crippen LogP contribution in [0.3, 0.4) is 0 Å². The quantitative estimate of drug-likeness (QED) is 0.293. The van der Waals surface area contributed by atoms with Gasteiger partial charge in [0.05, 0.1) is 37.3 Å². The number of hydrogen-bond acceptors (Lipinski definition) is 10. The Morgan fingerprint density at radius 3 is 2.70 bits per heavy atom. The Hall–Kier alpha value is -4.10. The number of benzene rings is 1. The van der Waals surface area contributed by atoms with E-state index in [-0.39, 0.29) is 42.2 Å². The zero-order chi connectivity index (χ0) is 30.8. The molecule has 1 aliphatic heterocycles. The molecule has 2 bridgehead atoms.